The topological polar surface area (TPSA) is 82.3 Å². The molecule has 1 fully saturated rings. The van der Waals surface area contributed by atoms with Crippen molar-refractivity contribution in [3.8, 4) is 0 Å². The van der Waals surface area contributed by atoms with Crippen LogP contribution in [0.4, 0.5) is 0 Å². The van der Waals surface area contributed by atoms with E-state index in [0.29, 0.717) is 19.1 Å². The average Bonchev–Trinajstić information content (AvgIpc) is 3.07. The first kappa shape index (κ1) is 21.9. The number of methoxy groups -OCH3 is 1. The van der Waals surface area contributed by atoms with Crippen molar-refractivity contribution in [2.24, 2.45) is 11.3 Å². The lowest BCUT2D eigenvalue weighted by molar-refractivity contribution is -0.130. The molecule has 3 N–H and O–H groups in total. The standard InChI is InChI=1S/C20H37N5O2/c1-20(2)7-6-15(12-17(20)19(26)22-9-11-27-5)18-16(13-23-24-18)14-25(4)10-8-21-3/h13,15,17,21H,6-12,14H2,1-5H3,(H,22,26)(H,23,24)/t15?,17-/m0/s1. The van der Waals surface area contributed by atoms with Crippen LogP contribution in [0.25, 0.3) is 0 Å². The van der Waals surface area contributed by atoms with Crippen LogP contribution in [0.1, 0.15) is 50.3 Å². The predicted molar refractivity (Wildman–Crippen MR) is 108 cm³/mol. The van der Waals surface area contributed by atoms with E-state index in [4.69, 9.17) is 4.74 Å². The third-order valence-electron chi connectivity index (χ3n) is 5.87. The van der Waals surface area contributed by atoms with Gasteiger partial charge in [-0.3, -0.25) is 9.89 Å². The Bertz CT molecular complexity index is 587. The zero-order valence-electron chi connectivity index (χ0n) is 17.6. The lowest BCUT2D eigenvalue weighted by Crippen LogP contribution is -2.43. The molecule has 1 amide bonds. The molecule has 0 spiro atoms. The van der Waals surface area contributed by atoms with Crippen LogP contribution in [0.5, 0.6) is 0 Å². The second kappa shape index (κ2) is 10.2. The molecule has 7 nitrogen and oxygen atoms in total. The molecular formula is C20H37N5O2. The van der Waals surface area contributed by atoms with E-state index in [9.17, 15) is 4.79 Å². The van der Waals surface area contributed by atoms with Crippen LogP contribution in [0, 0.1) is 11.3 Å². The van der Waals surface area contributed by atoms with Gasteiger partial charge in [0.15, 0.2) is 0 Å². The van der Waals surface area contributed by atoms with Crippen LogP contribution in [0.2, 0.25) is 0 Å². The molecule has 0 aliphatic heterocycles. The lowest BCUT2D eigenvalue weighted by atomic mass is 9.64. The van der Waals surface area contributed by atoms with Crippen molar-refractivity contribution in [3.63, 3.8) is 0 Å². The number of aromatic nitrogens is 2. The minimum Gasteiger partial charge on any atom is -0.383 e. The molecule has 0 saturated heterocycles. The Morgan fingerprint density at radius 2 is 2.22 bits per heavy atom. The van der Waals surface area contributed by atoms with Gasteiger partial charge in [-0.25, -0.2) is 0 Å². The molecule has 1 saturated carbocycles. The van der Waals surface area contributed by atoms with Crippen molar-refractivity contribution in [1.82, 2.24) is 25.7 Å². The smallest absolute Gasteiger partial charge is 0.223 e. The third kappa shape index (κ3) is 6.02. The van der Waals surface area contributed by atoms with Crippen LogP contribution >= 0.6 is 0 Å². The summed E-state index contributed by atoms with van der Waals surface area (Å²) in [5.41, 5.74) is 2.46. The van der Waals surface area contributed by atoms with Gasteiger partial charge < -0.3 is 20.3 Å². The minimum absolute atomic E-state index is 0.00581. The molecule has 1 aliphatic carbocycles. The van der Waals surface area contributed by atoms with Crippen LogP contribution in [0.15, 0.2) is 6.20 Å². The van der Waals surface area contributed by atoms with Gasteiger partial charge in [0.1, 0.15) is 0 Å². The predicted octanol–water partition coefficient (Wildman–Crippen LogP) is 1.73. The molecule has 0 bridgehead atoms. The van der Waals surface area contributed by atoms with Gasteiger partial charge in [-0.2, -0.15) is 5.10 Å². The fourth-order valence-corrected chi connectivity index (χ4v) is 4.04. The van der Waals surface area contributed by atoms with Crippen molar-refractivity contribution in [2.75, 3.05) is 47.4 Å². The van der Waals surface area contributed by atoms with Crippen molar-refractivity contribution < 1.29 is 9.53 Å². The normalized spacial score (nSPS) is 22.1. The van der Waals surface area contributed by atoms with Crippen LogP contribution in [-0.4, -0.2) is 68.5 Å². The summed E-state index contributed by atoms with van der Waals surface area (Å²) in [5, 5.41) is 13.8. The Morgan fingerprint density at radius 1 is 1.44 bits per heavy atom. The van der Waals surface area contributed by atoms with Gasteiger partial charge in [0.05, 0.1) is 12.8 Å². The number of likely N-dealkylation sites (N-methyl/N-ethyl adjacent to an activating group) is 2. The molecule has 1 heterocycles. The number of H-pyrrole nitrogens is 1. The van der Waals surface area contributed by atoms with Gasteiger partial charge in [-0.15, -0.1) is 0 Å². The third-order valence-corrected chi connectivity index (χ3v) is 5.87. The molecule has 7 heteroatoms. The maximum Gasteiger partial charge on any atom is 0.223 e. The van der Waals surface area contributed by atoms with E-state index in [1.165, 1.54) is 11.3 Å². The number of carbonyl (C=O) groups is 1. The number of rotatable bonds is 10. The van der Waals surface area contributed by atoms with Gasteiger partial charge >= 0.3 is 0 Å². The van der Waals surface area contributed by atoms with Crippen LogP contribution in [0.3, 0.4) is 0 Å². The summed E-state index contributed by atoms with van der Waals surface area (Å²) < 4.78 is 5.06. The molecular weight excluding hydrogens is 342 g/mol. The number of ether oxygens (including phenoxy) is 1. The number of amides is 1. The van der Waals surface area contributed by atoms with Gasteiger partial charge in [0.2, 0.25) is 5.91 Å². The van der Waals surface area contributed by atoms with Gasteiger partial charge in [-0.1, -0.05) is 13.8 Å². The summed E-state index contributed by atoms with van der Waals surface area (Å²) in [6, 6.07) is 0. The SMILES string of the molecule is CNCCN(C)Cc1cn[nH]c1C1CCC(C)(C)[C@H](C(=O)NCCOC)C1. The number of carbonyl (C=O) groups excluding carboxylic acids is 1. The summed E-state index contributed by atoms with van der Waals surface area (Å²) >= 11 is 0. The van der Waals surface area contributed by atoms with Crippen LogP contribution < -0.4 is 10.6 Å². The first-order chi connectivity index (χ1) is 12.9. The molecule has 0 radical (unpaired) electrons. The van der Waals surface area contributed by atoms with E-state index in [1.807, 2.05) is 13.2 Å². The van der Waals surface area contributed by atoms with Crippen molar-refractivity contribution >= 4 is 5.91 Å². The number of hydrogen-bond acceptors (Lipinski definition) is 5. The van der Waals surface area contributed by atoms with E-state index in [2.05, 4.69) is 46.6 Å². The largest absolute Gasteiger partial charge is 0.383 e. The molecule has 0 aromatic carbocycles. The summed E-state index contributed by atoms with van der Waals surface area (Å²) in [7, 11) is 5.75. The Labute approximate surface area is 163 Å². The minimum atomic E-state index is 0.00581. The number of hydrogen-bond donors (Lipinski definition) is 3. The second-order valence-corrected chi connectivity index (χ2v) is 8.45. The molecule has 2 rings (SSSR count). The van der Waals surface area contributed by atoms with Crippen molar-refractivity contribution in [2.45, 2.75) is 45.6 Å². The van der Waals surface area contributed by atoms with Crippen molar-refractivity contribution in [3.05, 3.63) is 17.5 Å². The molecule has 1 aromatic heterocycles. The zero-order valence-corrected chi connectivity index (χ0v) is 17.6. The first-order valence-electron chi connectivity index (χ1n) is 10.0. The Hall–Kier alpha value is -1.44. The van der Waals surface area contributed by atoms with E-state index < -0.39 is 0 Å². The maximum atomic E-state index is 12.8. The summed E-state index contributed by atoms with van der Waals surface area (Å²) in [6.07, 6.45) is 4.93. The molecule has 2 atom stereocenters. The Morgan fingerprint density at radius 3 is 2.93 bits per heavy atom. The Kier molecular flexibility index (Phi) is 8.26. The highest BCUT2D eigenvalue weighted by Crippen LogP contribution is 2.47. The maximum absolute atomic E-state index is 12.8. The quantitative estimate of drug-likeness (QED) is 0.540. The zero-order chi connectivity index (χ0) is 19.9. The average molecular weight is 380 g/mol. The second-order valence-electron chi connectivity index (χ2n) is 8.45. The summed E-state index contributed by atoms with van der Waals surface area (Å²) in [6.45, 7) is 8.36. The van der Waals surface area contributed by atoms with Crippen molar-refractivity contribution in [1.29, 1.82) is 0 Å². The molecule has 1 aliphatic rings. The monoisotopic (exact) mass is 379 g/mol. The molecule has 27 heavy (non-hydrogen) atoms. The van der Waals surface area contributed by atoms with E-state index in [1.54, 1.807) is 7.11 Å². The highest BCUT2D eigenvalue weighted by molar-refractivity contribution is 5.79. The molecule has 154 valence electrons. The number of nitrogens with one attached hydrogen (secondary N) is 3. The van der Waals surface area contributed by atoms with E-state index in [-0.39, 0.29) is 17.2 Å². The van der Waals surface area contributed by atoms with Crippen LogP contribution in [-0.2, 0) is 16.1 Å². The molecule has 1 aromatic rings. The van der Waals surface area contributed by atoms with Gasteiger partial charge in [0.25, 0.3) is 0 Å². The highest BCUT2D eigenvalue weighted by Gasteiger charge is 2.41. The fourth-order valence-electron chi connectivity index (χ4n) is 4.04. The fraction of sp³-hybridized carbons (Fsp3) is 0.800. The summed E-state index contributed by atoms with van der Waals surface area (Å²) in [5.74, 6) is 0.506. The van der Waals surface area contributed by atoms with E-state index >= 15 is 0 Å². The highest BCUT2D eigenvalue weighted by atomic mass is 16.5. The number of aromatic amines is 1. The van der Waals surface area contributed by atoms with Gasteiger partial charge in [-0.05, 0) is 38.8 Å². The Balaban J connectivity index is 2.05. The molecule has 1 unspecified atom stereocenters. The van der Waals surface area contributed by atoms with Gasteiger partial charge in [0, 0.05) is 56.4 Å². The summed E-state index contributed by atoms with van der Waals surface area (Å²) in [4.78, 5) is 15.1. The lowest BCUT2D eigenvalue weighted by Gasteiger charge is -2.41. The number of nitrogens with zero attached hydrogens (tertiary/aromatic N) is 2. The first-order valence-corrected chi connectivity index (χ1v) is 10.0. The van der Waals surface area contributed by atoms with E-state index in [0.717, 1.165) is 38.9 Å².